The third-order valence-corrected chi connectivity index (χ3v) is 7.66. The van der Waals surface area contributed by atoms with Crippen molar-refractivity contribution in [2.24, 2.45) is 5.92 Å². The average molecular weight is 413 g/mol. The highest BCUT2D eigenvalue weighted by Gasteiger charge is 2.38. The Bertz CT molecular complexity index is 836. The molecule has 1 aromatic heterocycles. The lowest BCUT2D eigenvalue weighted by molar-refractivity contribution is -0.130. The molecule has 0 radical (unpaired) electrons. The Kier molecular flexibility index (Phi) is 5.81. The summed E-state index contributed by atoms with van der Waals surface area (Å²) in [4.78, 5) is 26.4. The molecule has 2 fully saturated rings. The predicted molar refractivity (Wildman–Crippen MR) is 101 cm³/mol. The first-order chi connectivity index (χ1) is 13.1. The van der Waals surface area contributed by atoms with Crippen LogP contribution in [0.3, 0.4) is 0 Å². The zero-order valence-corrected chi connectivity index (χ0v) is 17.6. The number of carbonyl (C=O) groups excluding carboxylic acids is 2. The predicted octanol–water partition coefficient (Wildman–Crippen LogP) is 0.818. The molecule has 0 saturated carbocycles. The van der Waals surface area contributed by atoms with Crippen LogP contribution in [0.2, 0.25) is 0 Å². The molecule has 0 spiro atoms. The maximum Gasteiger partial charge on any atom is 0.248 e. The molecule has 3 heterocycles. The second kappa shape index (κ2) is 7.82. The Morgan fingerprint density at radius 3 is 2.39 bits per heavy atom. The minimum Gasteiger partial charge on any atom is -0.360 e. The number of nitrogens with one attached hydrogen (secondary N) is 1. The number of sulfonamides is 1. The quantitative estimate of drug-likeness (QED) is 0.766. The van der Waals surface area contributed by atoms with Gasteiger partial charge in [-0.2, -0.15) is 4.31 Å². The number of amides is 2. The number of likely N-dealkylation sites (tertiary alicyclic amines) is 1. The molecule has 1 atom stereocenters. The van der Waals surface area contributed by atoms with Gasteiger partial charge in [-0.3, -0.25) is 9.59 Å². The number of aromatic nitrogens is 1. The van der Waals surface area contributed by atoms with E-state index in [0.29, 0.717) is 38.2 Å². The second-order valence-corrected chi connectivity index (χ2v) is 9.76. The maximum absolute atomic E-state index is 12.9. The summed E-state index contributed by atoms with van der Waals surface area (Å²) in [6.07, 6.45) is 1.30. The van der Waals surface area contributed by atoms with Crippen molar-refractivity contribution in [1.29, 1.82) is 0 Å². The first-order valence-electron chi connectivity index (χ1n) is 9.64. The van der Waals surface area contributed by atoms with Gasteiger partial charge in [0.05, 0.1) is 5.92 Å². The number of aryl methyl sites for hydroxylation is 2. The summed E-state index contributed by atoms with van der Waals surface area (Å²) in [5, 5.41) is 6.73. The standard InChI is InChI=1S/C18H28N4O5S/c1-11(2)22-10-14(9-16(22)23)18(24)19-15-5-7-21(8-6-15)28(25,26)17-12(3)20-27-13(17)4/h11,14-15H,5-10H2,1-4H3,(H,19,24). The molecule has 1 aromatic rings. The third kappa shape index (κ3) is 3.93. The fourth-order valence-corrected chi connectivity index (χ4v) is 5.70. The fourth-order valence-electron chi connectivity index (χ4n) is 3.94. The second-order valence-electron chi connectivity index (χ2n) is 7.88. The van der Waals surface area contributed by atoms with Gasteiger partial charge in [-0.25, -0.2) is 8.42 Å². The zero-order chi connectivity index (χ0) is 20.6. The molecule has 28 heavy (non-hydrogen) atoms. The third-order valence-electron chi connectivity index (χ3n) is 5.52. The maximum atomic E-state index is 12.9. The van der Waals surface area contributed by atoms with Gasteiger partial charge < -0.3 is 14.7 Å². The molecule has 1 N–H and O–H groups in total. The van der Waals surface area contributed by atoms with E-state index in [1.807, 2.05) is 13.8 Å². The number of piperidine rings is 1. The van der Waals surface area contributed by atoms with Crippen LogP contribution < -0.4 is 5.32 Å². The van der Waals surface area contributed by atoms with Gasteiger partial charge in [0.1, 0.15) is 10.6 Å². The molecule has 3 rings (SSSR count). The lowest BCUT2D eigenvalue weighted by Crippen LogP contribution is -2.48. The Hall–Kier alpha value is -1.94. The summed E-state index contributed by atoms with van der Waals surface area (Å²) in [7, 11) is -3.66. The summed E-state index contributed by atoms with van der Waals surface area (Å²) in [5.41, 5.74) is 0.355. The molecule has 1 unspecified atom stereocenters. The Labute approximate surface area is 165 Å². The van der Waals surface area contributed by atoms with E-state index in [4.69, 9.17) is 4.52 Å². The number of nitrogens with zero attached hydrogens (tertiary/aromatic N) is 3. The largest absolute Gasteiger partial charge is 0.360 e. The molecule has 0 aromatic carbocycles. The van der Waals surface area contributed by atoms with Crippen molar-refractivity contribution in [3.63, 3.8) is 0 Å². The summed E-state index contributed by atoms with van der Waals surface area (Å²) >= 11 is 0. The van der Waals surface area contributed by atoms with Crippen LogP contribution >= 0.6 is 0 Å². The van der Waals surface area contributed by atoms with Crippen molar-refractivity contribution in [3.8, 4) is 0 Å². The van der Waals surface area contributed by atoms with Crippen LogP contribution in [0.5, 0.6) is 0 Å². The van der Waals surface area contributed by atoms with Gasteiger partial charge in [0.2, 0.25) is 21.8 Å². The van der Waals surface area contributed by atoms with E-state index >= 15 is 0 Å². The van der Waals surface area contributed by atoms with Crippen molar-refractivity contribution in [2.45, 2.75) is 63.9 Å². The molecular weight excluding hydrogens is 384 g/mol. The highest BCUT2D eigenvalue weighted by Crippen LogP contribution is 2.26. The van der Waals surface area contributed by atoms with Crippen molar-refractivity contribution >= 4 is 21.8 Å². The molecule has 2 saturated heterocycles. The number of carbonyl (C=O) groups is 2. The fraction of sp³-hybridized carbons (Fsp3) is 0.722. The minimum absolute atomic E-state index is 0.00974. The van der Waals surface area contributed by atoms with Crippen molar-refractivity contribution in [1.82, 2.24) is 19.7 Å². The van der Waals surface area contributed by atoms with E-state index in [1.54, 1.807) is 18.7 Å². The van der Waals surface area contributed by atoms with E-state index in [0.717, 1.165) is 0 Å². The van der Waals surface area contributed by atoms with E-state index in [9.17, 15) is 18.0 Å². The summed E-state index contributed by atoms with van der Waals surface area (Å²) < 4.78 is 32.1. The monoisotopic (exact) mass is 412 g/mol. The SMILES string of the molecule is Cc1noc(C)c1S(=O)(=O)N1CCC(NC(=O)C2CC(=O)N(C(C)C)C2)CC1. The molecule has 9 nitrogen and oxygen atoms in total. The molecule has 2 amide bonds. The minimum atomic E-state index is -3.66. The van der Waals surface area contributed by atoms with Gasteiger partial charge in [-0.15, -0.1) is 0 Å². The molecule has 2 aliphatic rings. The van der Waals surface area contributed by atoms with E-state index in [-0.39, 0.29) is 46.9 Å². The van der Waals surface area contributed by atoms with Gasteiger partial charge in [0.25, 0.3) is 0 Å². The van der Waals surface area contributed by atoms with E-state index < -0.39 is 10.0 Å². The van der Waals surface area contributed by atoms with Crippen LogP contribution in [-0.4, -0.2) is 66.3 Å². The average Bonchev–Trinajstić information content (AvgIpc) is 3.18. The van der Waals surface area contributed by atoms with Crippen LogP contribution in [0.25, 0.3) is 0 Å². The van der Waals surface area contributed by atoms with Crippen LogP contribution in [0.4, 0.5) is 0 Å². The first-order valence-corrected chi connectivity index (χ1v) is 11.1. The summed E-state index contributed by atoms with van der Waals surface area (Å²) in [5.74, 6) is -0.161. The normalized spacial score (nSPS) is 22.2. The number of hydrogen-bond donors (Lipinski definition) is 1. The molecule has 2 aliphatic heterocycles. The smallest absolute Gasteiger partial charge is 0.248 e. The molecular formula is C18H28N4O5S. The highest BCUT2D eigenvalue weighted by atomic mass is 32.2. The lowest BCUT2D eigenvalue weighted by atomic mass is 10.0. The van der Waals surface area contributed by atoms with Gasteiger partial charge in [-0.05, 0) is 40.5 Å². The van der Waals surface area contributed by atoms with Crippen molar-refractivity contribution in [3.05, 3.63) is 11.5 Å². The summed E-state index contributed by atoms with van der Waals surface area (Å²) in [6.45, 7) is 8.16. The van der Waals surface area contributed by atoms with Gasteiger partial charge in [-0.1, -0.05) is 5.16 Å². The van der Waals surface area contributed by atoms with E-state index in [1.165, 1.54) is 4.31 Å². The van der Waals surface area contributed by atoms with Gasteiger partial charge in [0, 0.05) is 38.1 Å². The van der Waals surface area contributed by atoms with Crippen LogP contribution in [0.1, 0.15) is 44.6 Å². The zero-order valence-electron chi connectivity index (χ0n) is 16.8. The molecule has 10 heteroatoms. The lowest BCUT2D eigenvalue weighted by Gasteiger charge is -2.32. The van der Waals surface area contributed by atoms with Gasteiger partial charge >= 0.3 is 0 Å². The van der Waals surface area contributed by atoms with Crippen LogP contribution in [0.15, 0.2) is 9.42 Å². The van der Waals surface area contributed by atoms with Crippen molar-refractivity contribution in [2.75, 3.05) is 19.6 Å². The van der Waals surface area contributed by atoms with E-state index in [2.05, 4.69) is 10.5 Å². The molecule has 0 aliphatic carbocycles. The number of rotatable bonds is 5. The summed E-state index contributed by atoms with van der Waals surface area (Å²) in [6, 6.07) is -0.00473. The highest BCUT2D eigenvalue weighted by molar-refractivity contribution is 7.89. The Morgan fingerprint density at radius 2 is 1.89 bits per heavy atom. The Balaban J connectivity index is 1.56. The van der Waals surface area contributed by atoms with Crippen LogP contribution in [-0.2, 0) is 19.6 Å². The molecule has 156 valence electrons. The first kappa shape index (κ1) is 20.8. The molecule has 0 bridgehead atoms. The topological polar surface area (TPSA) is 113 Å². The Morgan fingerprint density at radius 1 is 1.25 bits per heavy atom. The van der Waals surface area contributed by atoms with Crippen molar-refractivity contribution < 1.29 is 22.5 Å². The van der Waals surface area contributed by atoms with Crippen LogP contribution in [0, 0.1) is 19.8 Å². The number of hydrogen-bond acceptors (Lipinski definition) is 6. The van der Waals surface area contributed by atoms with Gasteiger partial charge in [0.15, 0.2) is 5.76 Å².